The minimum atomic E-state index is 0.687. The third kappa shape index (κ3) is 7.23. The Morgan fingerprint density at radius 3 is 2.67 bits per heavy atom. The molecule has 0 saturated carbocycles. The molecule has 2 heteroatoms. The van der Waals surface area contributed by atoms with E-state index in [1.165, 1.54) is 12.0 Å². The van der Waals surface area contributed by atoms with E-state index >= 15 is 0 Å². The zero-order chi connectivity index (χ0) is 13.1. The zero-order valence-electron chi connectivity index (χ0n) is 11.3. The van der Waals surface area contributed by atoms with E-state index in [0.29, 0.717) is 18.9 Å². The fraction of sp³-hybridized carbons (Fsp3) is 0.562. The molecule has 18 heavy (non-hydrogen) atoms. The molecule has 0 heterocycles. The highest BCUT2D eigenvalue weighted by molar-refractivity contribution is 5.48. The average molecular weight is 248 g/mol. The quantitative estimate of drug-likeness (QED) is 0.462. The summed E-state index contributed by atoms with van der Waals surface area (Å²) in [5.41, 5.74) is 1.23. The molecular formula is C16H24O2. The van der Waals surface area contributed by atoms with Crippen molar-refractivity contribution in [3.63, 3.8) is 0 Å². The molecule has 0 radical (unpaired) electrons. The standard InChI is InChI=1S/C16H24O2/c1-15(8-4-3-7-12-17)11-13-18-14-16-9-5-2-6-10-16/h2,5-6,9-10,12,15H,3-4,7-8,11,13-14H2,1H3/t15-/m1/s1. The van der Waals surface area contributed by atoms with E-state index in [0.717, 1.165) is 32.2 Å². The van der Waals surface area contributed by atoms with Gasteiger partial charge in [0.1, 0.15) is 6.29 Å². The van der Waals surface area contributed by atoms with Crippen molar-refractivity contribution in [1.29, 1.82) is 0 Å². The van der Waals surface area contributed by atoms with E-state index in [1.807, 2.05) is 18.2 Å². The number of ether oxygens (including phenoxy) is 1. The molecule has 0 spiro atoms. The van der Waals surface area contributed by atoms with Gasteiger partial charge in [0.2, 0.25) is 0 Å². The van der Waals surface area contributed by atoms with Crippen LogP contribution in [-0.4, -0.2) is 12.9 Å². The highest BCUT2D eigenvalue weighted by atomic mass is 16.5. The molecule has 0 unspecified atom stereocenters. The van der Waals surface area contributed by atoms with Gasteiger partial charge in [-0.25, -0.2) is 0 Å². The molecular weight excluding hydrogens is 224 g/mol. The average Bonchev–Trinajstić information content (AvgIpc) is 2.41. The van der Waals surface area contributed by atoms with Gasteiger partial charge >= 0.3 is 0 Å². The SMILES string of the molecule is C[C@H](CCCCC=O)CCOCc1ccccc1. The van der Waals surface area contributed by atoms with Crippen molar-refractivity contribution in [3.8, 4) is 0 Å². The van der Waals surface area contributed by atoms with Crippen LogP contribution in [0.4, 0.5) is 0 Å². The summed E-state index contributed by atoms with van der Waals surface area (Å²) in [6.07, 6.45) is 6.19. The van der Waals surface area contributed by atoms with Crippen molar-refractivity contribution in [2.75, 3.05) is 6.61 Å². The molecule has 0 saturated heterocycles. The molecule has 0 aliphatic heterocycles. The Labute approximate surface area is 110 Å². The summed E-state index contributed by atoms with van der Waals surface area (Å²) < 4.78 is 5.66. The number of carbonyl (C=O) groups excluding carboxylic acids is 1. The second kappa shape index (κ2) is 9.84. The van der Waals surface area contributed by atoms with Crippen molar-refractivity contribution in [2.24, 2.45) is 5.92 Å². The normalized spacial score (nSPS) is 12.3. The van der Waals surface area contributed by atoms with Gasteiger partial charge in [0, 0.05) is 13.0 Å². The number of hydrogen-bond acceptors (Lipinski definition) is 2. The Morgan fingerprint density at radius 2 is 1.94 bits per heavy atom. The van der Waals surface area contributed by atoms with E-state index in [2.05, 4.69) is 19.1 Å². The van der Waals surface area contributed by atoms with Crippen LogP contribution in [0.5, 0.6) is 0 Å². The Hall–Kier alpha value is -1.15. The molecule has 0 aliphatic carbocycles. The predicted molar refractivity (Wildman–Crippen MR) is 74.4 cm³/mol. The molecule has 100 valence electrons. The fourth-order valence-electron chi connectivity index (χ4n) is 1.91. The smallest absolute Gasteiger partial charge is 0.119 e. The zero-order valence-corrected chi connectivity index (χ0v) is 11.3. The first kappa shape index (κ1) is 14.9. The topological polar surface area (TPSA) is 26.3 Å². The summed E-state index contributed by atoms with van der Waals surface area (Å²) in [6, 6.07) is 10.3. The van der Waals surface area contributed by atoms with Crippen LogP contribution >= 0.6 is 0 Å². The maximum Gasteiger partial charge on any atom is 0.119 e. The highest BCUT2D eigenvalue weighted by Crippen LogP contribution is 2.13. The van der Waals surface area contributed by atoms with Crippen LogP contribution in [0.3, 0.4) is 0 Å². The second-order valence-electron chi connectivity index (χ2n) is 4.88. The Bertz CT molecular complexity index is 308. The molecule has 0 amide bonds. The third-order valence-electron chi connectivity index (χ3n) is 3.14. The molecule has 0 fully saturated rings. The predicted octanol–water partition coefficient (Wildman–Crippen LogP) is 3.99. The fourth-order valence-corrected chi connectivity index (χ4v) is 1.91. The first-order valence-electron chi connectivity index (χ1n) is 6.88. The lowest BCUT2D eigenvalue weighted by Crippen LogP contribution is -2.02. The molecule has 0 aromatic heterocycles. The third-order valence-corrected chi connectivity index (χ3v) is 3.14. The van der Waals surface area contributed by atoms with Crippen molar-refractivity contribution >= 4 is 6.29 Å². The summed E-state index contributed by atoms with van der Waals surface area (Å²) >= 11 is 0. The van der Waals surface area contributed by atoms with Gasteiger partial charge in [-0.3, -0.25) is 0 Å². The number of benzene rings is 1. The minimum Gasteiger partial charge on any atom is -0.377 e. The van der Waals surface area contributed by atoms with Crippen molar-refractivity contribution < 1.29 is 9.53 Å². The molecule has 2 nitrogen and oxygen atoms in total. The van der Waals surface area contributed by atoms with Crippen LogP contribution in [-0.2, 0) is 16.1 Å². The monoisotopic (exact) mass is 248 g/mol. The molecule has 1 rings (SSSR count). The van der Waals surface area contributed by atoms with Crippen LogP contribution in [0.2, 0.25) is 0 Å². The Kier molecular flexibility index (Phi) is 8.15. The molecule has 0 bridgehead atoms. The molecule has 0 N–H and O–H groups in total. The van der Waals surface area contributed by atoms with E-state index in [4.69, 9.17) is 4.74 Å². The van der Waals surface area contributed by atoms with Gasteiger partial charge in [-0.15, -0.1) is 0 Å². The minimum absolute atomic E-state index is 0.687. The first-order valence-corrected chi connectivity index (χ1v) is 6.88. The van der Waals surface area contributed by atoms with Crippen LogP contribution in [0, 0.1) is 5.92 Å². The van der Waals surface area contributed by atoms with E-state index < -0.39 is 0 Å². The van der Waals surface area contributed by atoms with Crippen molar-refractivity contribution in [1.82, 2.24) is 0 Å². The number of rotatable bonds is 10. The van der Waals surface area contributed by atoms with Crippen LogP contribution in [0.25, 0.3) is 0 Å². The van der Waals surface area contributed by atoms with Crippen LogP contribution in [0.1, 0.15) is 44.6 Å². The van der Waals surface area contributed by atoms with Crippen molar-refractivity contribution in [3.05, 3.63) is 35.9 Å². The lowest BCUT2D eigenvalue weighted by molar-refractivity contribution is -0.107. The number of hydrogen-bond donors (Lipinski definition) is 0. The Balaban J connectivity index is 1.98. The summed E-state index contributed by atoms with van der Waals surface area (Å²) in [6.45, 7) is 3.79. The van der Waals surface area contributed by atoms with Crippen LogP contribution in [0.15, 0.2) is 30.3 Å². The molecule has 1 aromatic carbocycles. The van der Waals surface area contributed by atoms with Crippen LogP contribution < -0.4 is 0 Å². The van der Waals surface area contributed by atoms with Gasteiger partial charge in [0.15, 0.2) is 0 Å². The lowest BCUT2D eigenvalue weighted by Gasteiger charge is -2.11. The van der Waals surface area contributed by atoms with E-state index in [9.17, 15) is 4.79 Å². The number of carbonyl (C=O) groups is 1. The molecule has 1 atom stereocenters. The summed E-state index contributed by atoms with van der Waals surface area (Å²) in [5, 5.41) is 0. The maximum absolute atomic E-state index is 10.2. The van der Waals surface area contributed by atoms with E-state index in [1.54, 1.807) is 0 Å². The van der Waals surface area contributed by atoms with Gasteiger partial charge in [-0.1, -0.05) is 50.1 Å². The maximum atomic E-state index is 10.2. The van der Waals surface area contributed by atoms with Gasteiger partial charge in [-0.2, -0.15) is 0 Å². The van der Waals surface area contributed by atoms with Gasteiger partial charge in [0.05, 0.1) is 6.61 Å². The highest BCUT2D eigenvalue weighted by Gasteiger charge is 2.02. The summed E-state index contributed by atoms with van der Waals surface area (Å²) in [5.74, 6) is 0.687. The Morgan fingerprint density at radius 1 is 1.17 bits per heavy atom. The first-order chi connectivity index (χ1) is 8.83. The largest absolute Gasteiger partial charge is 0.377 e. The summed E-state index contributed by atoms with van der Waals surface area (Å²) in [4.78, 5) is 10.2. The van der Waals surface area contributed by atoms with Crippen molar-refractivity contribution in [2.45, 2.75) is 45.6 Å². The number of aldehydes is 1. The lowest BCUT2D eigenvalue weighted by atomic mass is 10.0. The van der Waals surface area contributed by atoms with Gasteiger partial charge in [-0.05, 0) is 24.3 Å². The van der Waals surface area contributed by atoms with Gasteiger partial charge < -0.3 is 9.53 Å². The number of unbranched alkanes of at least 4 members (excludes halogenated alkanes) is 2. The molecule has 0 aliphatic rings. The second-order valence-corrected chi connectivity index (χ2v) is 4.88. The van der Waals surface area contributed by atoms with E-state index in [-0.39, 0.29) is 0 Å². The van der Waals surface area contributed by atoms with Gasteiger partial charge in [0.25, 0.3) is 0 Å². The summed E-state index contributed by atoms with van der Waals surface area (Å²) in [7, 11) is 0. The molecule has 1 aromatic rings.